The van der Waals surface area contributed by atoms with Gasteiger partial charge >= 0.3 is 0 Å². The maximum atomic E-state index is 14.2. The average Bonchev–Trinajstić information content (AvgIpc) is 3.01. The highest BCUT2D eigenvalue weighted by molar-refractivity contribution is 7.99. The van der Waals surface area contributed by atoms with E-state index in [-0.39, 0.29) is 23.5 Å². The summed E-state index contributed by atoms with van der Waals surface area (Å²) in [6, 6.07) is 17.3. The zero-order valence-electron chi connectivity index (χ0n) is 25.3. The first-order valence-electron chi connectivity index (χ1n) is 15.0. The summed E-state index contributed by atoms with van der Waals surface area (Å²) in [4.78, 5) is 41.4. The largest absolute Gasteiger partial charge is 0.378 e. The van der Waals surface area contributed by atoms with Crippen molar-refractivity contribution in [1.29, 1.82) is 0 Å². The smallest absolute Gasteiger partial charge is 0.247 e. The molecule has 2 atom stereocenters. The van der Waals surface area contributed by atoms with E-state index in [4.69, 9.17) is 4.74 Å². The first kappa shape index (κ1) is 30.8. The Kier molecular flexibility index (Phi) is 10.5. The number of anilines is 2. The Labute approximate surface area is 258 Å². The molecule has 1 saturated heterocycles. The highest BCUT2D eigenvalue weighted by atomic mass is 32.2. The summed E-state index contributed by atoms with van der Waals surface area (Å²) < 4.78 is 5.48. The maximum Gasteiger partial charge on any atom is 0.247 e. The number of ether oxygens (including phenoxy) is 1. The summed E-state index contributed by atoms with van der Waals surface area (Å²) in [5.74, 6) is -0.106. The normalized spacial score (nSPS) is 17.4. The number of nitrogens with zero attached hydrogens (tertiary/aromatic N) is 4. The Hall–Kier alpha value is -3.69. The minimum atomic E-state index is -0.628. The molecule has 2 amide bonds. The second kappa shape index (κ2) is 14.7. The van der Waals surface area contributed by atoms with Gasteiger partial charge in [-0.1, -0.05) is 48.2 Å². The topological polar surface area (TPSA) is 87.7 Å². The van der Waals surface area contributed by atoms with Crippen molar-refractivity contribution in [3.63, 3.8) is 0 Å². The molecule has 1 N–H and O–H groups in total. The van der Waals surface area contributed by atoms with Gasteiger partial charge in [-0.05, 0) is 87.4 Å². The van der Waals surface area contributed by atoms with Crippen LogP contribution in [0.4, 0.5) is 11.4 Å². The Morgan fingerprint density at radius 1 is 1.02 bits per heavy atom. The van der Waals surface area contributed by atoms with Crippen LogP contribution in [0.25, 0.3) is 0 Å². The molecule has 8 nitrogen and oxygen atoms in total. The number of morpholine rings is 1. The van der Waals surface area contributed by atoms with Gasteiger partial charge in [0.15, 0.2) is 5.16 Å². The Morgan fingerprint density at radius 2 is 1.74 bits per heavy atom. The van der Waals surface area contributed by atoms with E-state index in [1.807, 2.05) is 75.4 Å². The van der Waals surface area contributed by atoms with E-state index in [0.29, 0.717) is 24.9 Å². The first-order chi connectivity index (χ1) is 20.9. The van der Waals surface area contributed by atoms with E-state index in [2.05, 4.69) is 32.3 Å². The van der Waals surface area contributed by atoms with E-state index in [1.54, 1.807) is 4.90 Å². The van der Waals surface area contributed by atoms with Crippen molar-refractivity contribution < 1.29 is 14.3 Å². The molecule has 2 aromatic carbocycles. The molecule has 43 heavy (non-hydrogen) atoms. The van der Waals surface area contributed by atoms with E-state index < -0.39 is 6.04 Å². The number of carbonyl (C=O) groups excluding carboxylic acids is 2. The van der Waals surface area contributed by atoms with E-state index >= 15 is 0 Å². The van der Waals surface area contributed by atoms with Crippen molar-refractivity contribution in [3.8, 4) is 0 Å². The second-order valence-corrected chi connectivity index (χ2v) is 12.2. The number of amides is 2. The Bertz CT molecular complexity index is 1420. The predicted octanol–water partition coefficient (Wildman–Crippen LogP) is 5.72. The lowest BCUT2D eigenvalue weighted by Gasteiger charge is -2.37. The number of benzene rings is 2. The van der Waals surface area contributed by atoms with Gasteiger partial charge in [0, 0.05) is 42.4 Å². The number of aryl methyl sites for hydroxylation is 3. The molecule has 0 radical (unpaired) electrons. The van der Waals surface area contributed by atoms with Crippen LogP contribution in [0.5, 0.6) is 0 Å². The molecule has 2 aliphatic rings. The van der Waals surface area contributed by atoms with Gasteiger partial charge in [0.25, 0.3) is 0 Å². The zero-order chi connectivity index (χ0) is 30.2. The van der Waals surface area contributed by atoms with Crippen LogP contribution in [-0.4, -0.2) is 64.8 Å². The van der Waals surface area contributed by atoms with Crippen LogP contribution in [0.2, 0.25) is 0 Å². The van der Waals surface area contributed by atoms with E-state index in [0.717, 1.165) is 66.2 Å². The first-order valence-corrected chi connectivity index (χ1v) is 16.0. The van der Waals surface area contributed by atoms with Crippen molar-refractivity contribution in [2.24, 2.45) is 5.92 Å². The summed E-state index contributed by atoms with van der Waals surface area (Å²) in [5.41, 5.74) is 5.68. The van der Waals surface area contributed by atoms with Crippen molar-refractivity contribution in [2.45, 2.75) is 57.8 Å². The number of hydrogen-bond acceptors (Lipinski definition) is 7. The summed E-state index contributed by atoms with van der Waals surface area (Å²) >= 11 is 1.32. The number of allylic oxidation sites excluding steroid dienone is 2. The van der Waals surface area contributed by atoms with Crippen molar-refractivity contribution in [3.05, 3.63) is 89.3 Å². The van der Waals surface area contributed by atoms with Gasteiger partial charge in [-0.3, -0.25) is 9.59 Å². The highest BCUT2D eigenvalue weighted by Gasteiger charge is 2.37. The molecule has 2 heterocycles. The Balaban J connectivity index is 1.41. The van der Waals surface area contributed by atoms with Crippen LogP contribution < -0.4 is 10.2 Å². The monoisotopic (exact) mass is 599 g/mol. The molecule has 1 aliphatic heterocycles. The molecule has 0 bridgehead atoms. The zero-order valence-corrected chi connectivity index (χ0v) is 26.1. The number of thioether (sulfide) groups is 1. The molecule has 226 valence electrons. The van der Waals surface area contributed by atoms with Crippen LogP contribution >= 0.6 is 11.8 Å². The van der Waals surface area contributed by atoms with Crippen LogP contribution in [0.3, 0.4) is 0 Å². The number of hydrogen-bond donors (Lipinski definition) is 1. The predicted molar refractivity (Wildman–Crippen MR) is 172 cm³/mol. The van der Waals surface area contributed by atoms with Gasteiger partial charge in [0.1, 0.15) is 6.04 Å². The second-order valence-electron chi connectivity index (χ2n) is 11.3. The highest BCUT2D eigenvalue weighted by Crippen LogP contribution is 2.30. The molecular formula is C34H41N5O3S. The lowest BCUT2D eigenvalue weighted by molar-refractivity contribution is -0.139. The lowest BCUT2D eigenvalue weighted by Crippen LogP contribution is -2.52. The molecule has 0 spiro atoms. The number of nitrogens with one attached hydrogen (secondary N) is 1. The molecule has 0 saturated carbocycles. The molecule has 1 aromatic heterocycles. The van der Waals surface area contributed by atoms with Crippen molar-refractivity contribution in [2.75, 3.05) is 42.3 Å². The molecule has 3 aromatic rings. The fourth-order valence-electron chi connectivity index (χ4n) is 5.79. The molecule has 1 fully saturated rings. The van der Waals surface area contributed by atoms with Gasteiger partial charge in [-0.2, -0.15) is 0 Å². The maximum absolute atomic E-state index is 14.2. The molecule has 5 rings (SSSR count). The third kappa shape index (κ3) is 8.24. The third-order valence-electron chi connectivity index (χ3n) is 8.08. The molecule has 1 aliphatic carbocycles. The summed E-state index contributed by atoms with van der Waals surface area (Å²) in [7, 11) is 0. The van der Waals surface area contributed by atoms with Crippen LogP contribution in [0.1, 0.15) is 41.8 Å². The third-order valence-corrected chi connectivity index (χ3v) is 8.91. The SMILES string of the molecule is Cc1cc(C)nc(SCC(=O)N(Cc2ccccc2C)C(C(=O)Nc2ccc(N3CCOCC3)cc2)C2CC=CCC2)n1. The number of rotatable bonds is 10. The van der Waals surface area contributed by atoms with Gasteiger partial charge in [0.05, 0.1) is 19.0 Å². The van der Waals surface area contributed by atoms with E-state index in [1.165, 1.54) is 11.8 Å². The summed E-state index contributed by atoms with van der Waals surface area (Å²) in [6.45, 7) is 9.39. The van der Waals surface area contributed by atoms with Gasteiger partial charge in [0.2, 0.25) is 11.8 Å². The number of aromatic nitrogens is 2. The molecule has 9 heteroatoms. The van der Waals surface area contributed by atoms with Crippen LogP contribution in [0, 0.1) is 26.7 Å². The van der Waals surface area contributed by atoms with Gasteiger partial charge in [-0.15, -0.1) is 0 Å². The standard InChI is InChI=1S/C34H41N5O3S/c1-24-9-7-8-12-28(24)22-39(31(40)23-43-34-35-25(2)21-26(3)36-34)32(27-10-5-4-6-11-27)33(41)37-29-13-15-30(16-14-29)38-17-19-42-20-18-38/h4-5,7-9,12-16,21,27,32H,6,10-11,17-20,22-23H2,1-3H3,(H,37,41). The average molecular weight is 600 g/mol. The van der Waals surface area contributed by atoms with Crippen LogP contribution in [-0.2, 0) is 20.9 Å². The van der Waals surface area contributed by atoms with Crippen molar-refractivity contribution in [1.82, 2.24) is 14.9 Å². The quantitative estimate of drug-likeness (QED) is 0.181. The molecular weight excluding hydrogens is 558 g/mol. The fraction of sp³-hybridized carbons (Fsp3) is 0.412. The minimum absolute atomic E-state index is 0.00746. The fourth-order valence-corrected chi connectivity index (χ4v) is 6.62. The Morgan fingerprint density at radius 3 is 2.42 bits per heavy atom. The minimum Gasteiger partial charge on any atom is -0.378 e. The number of carbonyl (C=O) groups is 2. The lowest BCUT2D eigenvalue weighted by atomic mass is 9.85. The summed E-state index contributed by atoms with van der Waals surface area (Å²) in [6.07, 6.45) is 6.78. The summed E-state index contributed by atoms with van der Waals surface area (Å²) in [5, 5.41) is 3.74. The van der Waals surface area contributed by atoms with Crippen LogP contribution in [0.15, 0.2) is 71.9 Å². The van der Waals surface area contributed by atoms with Gasteiger partial charge in [-0.25, -0.2) is 9.97 Å². The van der Waals surface area contributed by atoms with E-state index in [9.17, 15) is 9.59 Å². The molecule has 2 unspecified atom stereocenters. The van der Waals surface area contributed by atoms with Crippen molar-refractivity contribution >= 4 is 35.0 Å². The van der Waals surface area contributed by atoms with Gasteiger partial charge < -0.3 is 19.9 Å².